The van der Waals surface area contributed by atoms with E-state index in [1.54, 1.807) is 28.2 Å². The Morgan fingerprint density at radius 3 is 2.72 bits per heavy atom. The average Bonchev–Trinajstić information content (AvgIpc) is 2.84. The van der Waals surface area contributed by atoms with E-state index >= 15 is 0 Å². The van der Waals surface area contributed by atoms with E-state index in [9.17, 15) is 4.79 Å². The fraction of sp³-hybridized carbons (Fsp3) is 0.308. The van der Waals surface area contributed by atoms with E-state index in [0.29, 0.717) is 11.4 Å². The number of hydrogen-bond acceptors (Lipinski definition) is 3. The molecule has 0 saturated carbocycles. The highest BCUT2D eigenvalue weighted by molar-refractivity contribution is 7.12. The predicted molar refractivity (Wildman–Crippen MR) is 74.8 cm³/mol. The first-order valence-electron chi connectivity index (χ1n) is 5.76. The van der Waals surface area contributed by atoms with Crippen molar-refractivity contribution in [3.63, 3.8) is 0 Å². The standard InChI is InChI=1S/C13H17N3OS/c1-8-4-5-12(18-8)9(2)15-13(17)11-6-10(14)7-16(11)3/h4-7,9H,14H2,1-3H3,(H,15,17). The van der Waals surface area contributed by atoms with Crippen molar-refractivity contribution < 1.29 is 4.79 Å². The molecular weight excluding hydrogens is 246 g/mol. The summed E-state index contributed by atoms with van der Waals surface area (Å²) in [5.41, 5.74) is 6.84. The van der Waals surface area contributed by atoms with Gasteiger partial charge in [-0.2, -0.15) is 0 Å². The first kappa shape index (κ1) is 12.7. The number of amides is 1. The summed E-state index contributed by atoms with van der Waals surface area (Å²) < 4.78 is 1.73. The number of anilines is 1. The molecular formula is C13H17N3OS. The average molecular weight is 263 g/mol. The van der Waals surface area contributed by atoms with Gasteiger partial charge in [0, 0.05) is 23.0 Å². The van der Waals surface area contributed by atoms with E-state index < -0.39 is 0 Å². The zero-order valence-corrected chi connectivity index (χ0v) is 11.5. The highest BCUT2D eigenvalue weighted by Crippen LogP contribution is 2.22. The molecule has 2 heterocycles. The predicted octanol–water partition coefficient (Wildman–Crippen LogP) is 2.47. The summed E-state index contributed by atoms with van der Waals surface area (Å²) in [4.78, 5) is 14.5. The van der Waals surface area contributed by atoms with Crippen LogP contribution >= 0.6 is 11.3 Å². The minimum atomic E-state index is -0.104. The summed E-state index contributed by atoms with van der Waals surface area (Å²) in [6.45, 7) is 4.04. The Hall–Kier alpha value is -1.75. The van der Waals surface area contributed by atoms with Crippen molar-refractivity contribution in [1.82, 2.24) is 9.88 Å². The number of carbonyl (C=O) groups is 1. The number of rotatable bonds is 3. The lowest BCUT2D eigenvalue weighted by molar-refractivity contribution is 0.0932. The number of nitrogens with one attached hydrogen (secondary N) is 1. The van der Waals surface area contributed by atoms with Gasteiger partial charge in [-0.1, -0.05) is 0 Å². The molecule has 1 unspecified atom stereocenters. The summed E-state index contributed by atoms with van der Waals surface area (Å²) in [7, 11) is 1.81. The van der Waals surface area contributed by atoms with Gasteiger partial charge in [-0.25, -0.2) is 0 Å². The maximum atomic E-state index is 12.1. The Bertz CT molecular complexity index is 571. The Morgan fingerprint density at radius 1 is 1.50 bits per heavy atom. The zero-order chi connectivity index (χ0) is 13.3. The molecule has 2 aromatic heterocycles. The van der Waals surface area contributed by atoms with Gasteiger partial charge in [0.2, 0.25) is 0 Å². The topological polar surface area (TPSA) is 60.1 Å². The molecule has 1 atom stereocenters. The van der Waals surface area contributed by atoms with Gasteiger partial charge < -0.3 is 15.6 Å². The lowest BCUT2D eigenvalue weighted by Gasteiger charge is -2.12. The van der Waals surface area contributed by atoms with E-state index in [2.05, 4.69) is 18.3 Å². The Kier molecular flexibility index (Phi) is 3.43. The van der Waals surface area contributed by atoms with Gasteiger partial charge in [0.15, 0.2) is 0 Å². The highest BCUT2D eigenvalue weighted by atomic mass is 32.1. The molecule has 2 aromatic rings. The molecule has 0 aliphatic carbocycles. The van der Waals surface area contributed by atoms with E-state index in [1.807, 2.05) is 20.0 Å². The number of nitrogens with two attached hydrogens (primary N) is 1. The third-order valence-corrected chi connectivity index (χ3v) is 3.98. The largest absolute Gasteiger partial charge is 0.397 e. The lowest BCUT2D eigenvalue weighted by atomic mass is 10.2. The van der Waals surface area contributed by atoms with Crippen molar-refractivity contribution >= 4 is 22.9 Å². The Balaban J connectivity index is 2.10. The molecule has 0 spiro atoms. The van der Waals surface area contributed by atoms with Crippen molar-refractivity contribution in [1.29, 1.82) is 0 Å². The second-order valence-corrected chi connectivity index (χ2v) is 5.73. The normalized spacial score (nSPS) is 12.4. The van der Waals surface area contributed by atoms with E-state index in [4.69, 9.17) is 5.73 Å². The van der Waals surface area contributed by atoms with E-state index in [0.717, 1.165) is 4.88 Å². The molecule has 0 radical (unpaired) electrons. The van der Waals surface area contributed by atoms with Crippen LogP contribution in [0.3, 0.4) is 0 Å². The van der Waals surface area contributed by atoms with Crippen LogP contribution in [0.25, 0.3) is 0 Å². The molecule has 3 N–H and O–H groups in total. The van der Waals surface area contributed by atoms with E-state index in [-0.39, 0.29) is 11.9 Å². The maximum Gasteiger partial charge on any atom is 0.268 e. The molecule has 0 bridgehead atoms. The van der Waals surface area contributed by atoms with Crippen LogP contribution in [-0.2, 0) is 7.05 Å². The van der Waals surface area contributed by atoms with Crippen molar-refractivity contribution in [3.05, 3.63) is 39.8 Å². The summed E-state index contributed by atoms with van der Waals surface area (Å²) in [6.07, 6.45) is 1.73. The van der Waals surface area contributed by atoms with Crippen LogP contribution in [0.15, 0.2) is 24.4 Å². The molecule has 1 amide bonds. The maximum absolute atomic E-state index is 12.1. The van der Waals surface area contributed by atoms with Crippen LogP contribution < -0.4 is 11.1 Å². The molecule has 5 heteroatoms. The van der Waals surface area contributed by atoms with Crippen molar-refractivity contribution in [2.45, 2.75) is 19.9 Å². The van der Waals surface area contributed by atoms with Crippen LogP contribution in [0.1, 0.15) is 33.2 Å². The van der Waals surface area contributed by atoms with Gasteiger partial charge in [0.05, 0.1) is 11.7 Å². The fourth-order valence-electron chi connectivity index (χ4n) is 1.84. The molecule has 0 saturated heterocycles. The molecule has 2 rings (SSSR count). The fourth-order valence-corrected chi connectivity index (χ4v) is 2.72. The summed E-state index contributed by atoms with van der Waals surface area (Å²) >= 11 is 1.70. The number of aryl methyl sites for hydroxylation is 2. The lowest BCUT2D eigenvalue weighted by Crippen LogP contribution is -2.27. The SMILES string of the molecule is Cc1ccc(C(C)NC(=O)c2cc(N)cn2C)s1. The monoisotopic (exact) mass is 263 g/mol. The zero-order valence-electron chi connectivity index (χ0n) is 10.7. The quantitative estimate of drug-likeness (QED) is 0.893. The molecule has 4 nitrogen and oxygen atoms in total. The van der Waals surface area contributed by atoms with Crippen LogP contribution in [0.2, 0.25) is 0 Å². The number of nitrogen functional groups attached to an aromatic ring is 1. The Labute approximate surface area is 110 Å². The molecule has 0 aliphatic heterocycles. The number of hydrogen-bond donors (Lipinski definition) is 2. The minimum absolute atomic E-state index is 0.00678. The molecule has 96 valence electrons. The Morgan fingerprint density at radius 2 is 2.22 bits per heavy atom. The smallest absolute Gasteiger partial charge is 0.268 e. The summed E-state index contributed by atoms with van der Waals surface area (Å²) in [5, 5.41) is 2.98. The third-order valence-electron chi connectivity index (χ3n) is 2.79. The van der Waals surface area contributed by atoms with Gasteiger partial charge in [-0.05, 0) is 32.0 Å². The van der Waals surface area contributed by atoms with Crippen LogP contribution in [0.5, 0.6) is 0 Å². The molecule has 0 aliphatic rings. The van der Waals surface area contributed by atoms with Crippen LogP contribution in [0.4, 0.5) is 5.69 Å². The number of thiophene rings is 1. The van der Waals surface area contributed by atoms with Gasteiger partial charge in [-0.15, -0.1) is 11.3 Å². The molecule has 18 heavy (non-hydrogen) atoms. The van der Waals surface area contributed by atoms with E-state index in [1.165, 1.54) is 4.88 Å². The van der Waals surface area contributed by atoms with Crippen molar-refractivity contribution in [3.8, 4) is 0 Å². The summed E-state index contributed by atoms with van der Waals surface area (Å²) in [6, 6.07) is 5.79. The second-order valence-electron chi connectivity index (χ2n) is 4.41. The van der Waals surface area contributed by atoms with Crippen LogP contribution in [0, 0.1) is 6.92 Å². The molecule has 0 aromatic carbocycles. The molecule has 0 fully saturated rings. The number of aromatic nitrogens is 1. The van der Waals surface area contributed by atoms with Gasteiger partial charge in [0.1, 0.15) is 5.69 Å². The van der Waals surface area contributed by atoms with Gasteiger partial charge >= 0.3 is 0 Å². The summed E-state index contributed by atoms with van der Waals surface area (Å²) in [5.74, 6) is -0.104. The number of carbonyl (C=O) groups excluding carboxylic acids is 1. The second kappa shape index (κ2) is 4.86. The van der Waals surface area contributed by atoms with Gasteiger partial charge in [0.25, 0.3) is 5.91 Å². The van der Waals surface area contributed by atoms with Crippen molar-refractivity contribution in [2.75, 3.05) is 5.73 Å². The first-order chi connectivity index (χ1) is 8.47. The minimum Gasteiger partial charge on any atom is -0.397 e. The third kappa shape index (κ3) is 2.56. The van der Waals surface area contributed by atoms with Crippen molar-refractivity contribution in [2.24, 2.45) is 7.05 Å². The van der Waals surface area contributed by atoms with Crippen LogP contribution in [-0.4, -0.2) is 10.5 Å². The highest BCUT2D eigenvalue weighted by Gasteiger charge is 2.15. The number of nitrogens with zero attached hydrogens (tertiary/aromatic N) is 1. The van der Waals surface area contributed by atoms with Gasteiger partial charge in [-0.3, -0.25) is 4.79 Å². The first-order valence-corrected chi connectivity index (χ1v) is 6.58.